The molecule has 0 radical (unpaired) electrons. The molecule has 0 saturated heterocycles. The van der Waals surface area contributed by atoms with Gasteiger partial charge in [-0.05, 0) is 0 Å². The first-order chi connectivity index (χ1) is 1.73. The van der Waals surface area contributed by atoms with Crippen LogP contribution in [0.25, 0.3) is 0 Å². The summed E-state index contributed by atoms with van der Waals surface area (Å²) in [5.74, 6) is 0. The van der Waals surface area contributed by atoms with Crippen molar-refractivity contribution < 1.29 is 33.7 Å². The van der Waals surface area contributed by atoms with Gasteiger partial charge < -0.3 is 5.48 Å². The summed E-state index contributed by atoms with van der Waals surface area (Å²) in [4.78, 5) is 8.85. The van der Waals surface area contributed by atoms with Crippen molar-refractivity contribution in [1.82, 2.24) is 0 Å². The van der Waals surface area contributed by atoms with Crippen LogP contribution in [0.5, 0.6) is 0 Å². The Labute approximate surface area is 39.3 Å². The molecule has 0 aliphatic heterocycles. The van der Waals surface area contributed by atoms with E-state index in [0.717, 1.165) is 0 Å². The third-order valence-corrected chi connectivity index (χ3v) is 0. The number of hydrogen-bond donors (Lipinski definition) is 1. The van der Waals surface area contributed by atoms with E-state index >= 15 is 0 Å². The van der Waals surface area contributed by atoms with Gasteiger partial charge in [0.15, 0.2) is 0 Å². The first-order valence-corrected chi connectivity index (χ1v) is 1.22. The van der Waals surface area contributed by atoms with Crippen LogP contribution in [-0.2, 0) is 19.4 Å². The fourth-order valence-electron chi connectivity index (χ4n) is 0. The van der Waals surface area contributed by atoms with Crippen LogP contribution in [0.3, 0.4) is 0 Å². The molecule has 0 aromatic carbocycles. The van der Waals surface area contributed by atoms with Crippen LogP contribution >= 0.6 is 0 Å². The van der Waals surface area contributed by atoms with Gasteiger partial charge in [-0.3, -0.25) is 0 Å². The molecule has 0 spiro atoms. The fraction of sp³-hybridized carbons (Fsp3) is 0. The van der Waals surface area contributed by atoms with Crippen molar-refractivity contribution in [2.75, 3.05) is 0 Å². The maximum absolute atomic E-state index is 8.85. The molecular formula is H3NO3Pd. The van der Waals surface area contributed by atoms with Crippen molar-refractivity contribution in [3.05, 3.63) is 4.91 Å². The van der Waals surface area contributed by atoms with Gasteiger partial charge in [-0.15, -0.1) is 0 Å². The molecule has 0 fully saturated rings. The second-order valence-electron chi connectivity index (χ2n) is 0.203. The van der Waals surface area contributed by atoms with Crippen molar-refractivity contribution in [3.63, 3.8) is 0 Å². The van der Waals surface area contributed by atoms with Gasteiger partial charge in [-0.25, -0.2) is 0 Å². The fourth-order valence-corrected chi connectivity index (χ4v) is 0. The molecule has 0 heterocycles. The quantitative estimate of drug-likeness (QED) is 0.367. The Kier molecular flexibility index (Phi) is 7.16. The van der Waals surface area contributed by atoms with Gasteiger partial charge in [-0.2, -0.15) is 0 Å². The first-order valence-electron chi connectivity index (χ1n) is 0.524. The first kappa shape index (κ1) is 8.90. The number of hydrogen-bond acceptors (Lipinski definition) is 1. The van der Waals surface area contributed by atoms with E-state index in [1.807, 2.05) is 19.4 Å². The minimum absolute atomic E-state index is 0. The summed E-state index contributed by atoms with van der Waals surface area (Å²) in [6.45, 7) is 0. The molecule has 0 atom stereocenters. The third-order valence-electron chi connectivity index (χ3n) is 0. The van der Waals surface area contributed by atoms with E-state index < -0.39 is 3.56 Å². The zero-order chi connectivity index (χ0) is 3.58. The molecule has 5 heteroatoms. The zero-order valence-electron chi connectivity index (χ0n) is 2.12. The monoisotopic (exact) mass is 171 g/mol. The van der Waals surface area contributed by atoms with E-state index in [2.05, 4.69) is 0 Å². The molecule has 0 aromatic rings. The molecule has 0 aliphatic carbocycles. The minimum atomic E-state index is -0.400. The van der Waals surface area contributed by atoms with E-state index in [1.54, 1.807) is 0 Å². The van der Waals surface area contributed by atoms with E-state index in [0.29, 0.717) is 0 Å². The molecule has 0 aromatic heterocycles. The Morgan fingerprint density at radius 1 is 1.80 bits per heavy atom. The van der Waals surface area contributed by atoms with Crippen LogP contribution in [-0.4, -0.2) is 14.2 Å². The predicted octanol–water partition coefficient (Wildman–Crippen LogP) is -1.21. The van der Waals surface area contributed by atoms with E-state index in [1.165, 1.54) is 0 Å². The summed E-state index contributed by atoms with van der Waals surface area (Å²) in [6.07, 6.45) is 0. The Balaban J connectivity index is 0. The molecule has 5 heavy (non-hydrogen) atoms. The van der Waals surface area contributed by atoms with Crippen LogP contribution < -0.4 is 0 Å². The van der Waals surface area contributed by atoms with Crippen LogP contribution in [0.1, 0.15) is 0 Å². The zero-order valence-corrected chi connectivity index (χ0v) is 3.67. The molecule has 0 saturated carbocycles. The van der Waals surface area contributed by atoms with Crippen LogP contribution in [0.15, 0.2) is 0 Å². The normalized spacial score (nSPS) is 5.20. The molecule has 3 N–H and O–H groups in total. The Morgan fingerprint density at radius 2 is 1.80 bits per heavy atom. The van der Waals surface area contributed by atoms with Crippen molar-refractivity contribution in [1.29, 1.82) is 0 Å². The Hall–Kier alpha value is 0.0223. The van der Waals surface area contributed by atoms with Gasteiger partial charge in [0.1, 0.15) is 0 Å². The van der Waals surface area contributed by atoms with Crippen molar-refractivity contribution in [2.45, 2.75) is 0 Å². The van der Waals surface area contributed by atoms with E-state index in [-0.39, 0.29) is 5.48 Å². The molecular weight excluding hydrogens is 168 g/mol. The van der Waals surface area contributed by atoms with Crippen LogP contribution in [0.4, 0.5) is 0 Å². The van der Waals surface area contributed by atoms with Gasteiger partial charge in [0.25, 0.3) is 0 Å². The van der Waals surface area contributed by atoms with Gasteiger partial charge in [0.2, 0.25) is 0 Å². The predicted molar refractivity (Wildman–Crippen MR) is 9.03 cm³/mol. The molecule has 0 rings (SSSR count). The van der Waals surface area contributed by atoms with Gasteiger partial charge >= 0.3 is 33.1 Å². The Bertz CT molecular complexity index is 29.9. The molecule has 0 unspecified atom stereocenters. The van der Waals surface area contributed by atoms with Crippen molar-refractivity contribution in [2.24, 2.45) is 0 Å². The summed E-state index contributed by atoms with van der Waals surface area (Å²) >= 11 is 1.88. The van der Waals surface area contributed by atoms with E-state index in [4.69, 9.17) is 10.1 Å². The van der Waals surface area contributed by atoms with Gasteiger partial charge in [-0.1, -0.05) is 0 Å². The van der Waals surface area contributed by atoms with Gasteiger partial charge in [0.05, 0.1) is 0 Å². The maximum atomic E-state index is 8.85. The van der Waals surface area contributed by atoms with Crippen LogP contribution in [0, 0.1) is 4.91 Å². The summed E-state index contributed by atoms with van der Waals surface area (Å²) in [6, 6.07) is 0. The summed E-state index contributed by atoms with van der Waals surface area (Å²) in [5, 5.41) is 7.27. The molecule has 4 nitrogen and oxygen atoms in total. The van der Waals surface area contributed by atoms with Gasteiger partial charge in [0, 0.05) is 0 Å². The number of nitrogens with zero attached hydrogens (tertiary/aromatic N) is 1. The summed E-state index contributed by atoms with van der Waals surface area (Å²) in [7, 11) is 0. The second kappa shape index (κ2) is 4.02. The molecule has 0 bridgehead atoms. The van der Waals surface area contributed by atoms with Crippen molar-refractivity contribution in [3.8, 4) is 0 Å². The summed E-state index contributed by atoms with van der Waals surface area (Å²) < 4.78 is -0.400. The molecule has 36 valence electrons. The SMILES string of the molecule is O.O=[N+](O)[Pd-]. The topological polar surface area (TPSA) is 71.8 Å². The Morgan fingerprint density at radius 3 is 1.80 bits per heavy atom. The number of rotatable bonds is 0. The van der Waals surface area contributed by atoms with Crippen molar-refractivity contribution >= 4 is 0 Å². The average Bonchev–Trinajstić information content (AvgIpc) is 0.811. The third kappa shape index (κ3) is 33000. The average molecular weight is 171 g/mol. The van der Waals surface area contributed by atoms with E-state index in [9.17, 15) is 0 Å². The summed E-state index contributed by atoms with van der Waals surface area (Å²) in [5.41, 5.74) is 0. The molecule has 0 amide bonds. The second-order valence-corrected chi connectivity index (χ2v) is 0.797. The standard InChI is InChI=1S/HNO2.H2O.Pd/c2-1-3;;/h(H,2,3);1H2;. The van der Waals surface area contributed by atoms with Crippen LogP contribution in [0.2, 0.25) is 0 Å². The molecule has 0 aliphatic rings.